The van der Waals surface area contributed by atoms with Crippen LogP contribution < -0.4 is 9.64 Å². The first-order valence-corrected chi connectivity index (χ1v) is 9.89. The topological polar surface area (TPSA) is 49.9 Å². The van der Waals surface area contributed by atoms with Gasteiger partial charge in [-0.3, -0.25) is 0 Å². The Morgan fingerprint density at radius 2 is 1.64 bits per heavy atom. The highest BCUT2D eigenvalue weighted by atomic mass is 35.5. The van der Waals surface area contributed by atoms with Crippen LogP contribution >= 0.6 is 11.6 Å². The van der Waals surface area contributed by atoms with Crippen LogP contribution in [0.4, 0.5) is 5.69 Å². The molecule has 7 heteroatoms. The van der Waals surface area contributed by atoms with Crippen molar-refractivity contribution in [2.24, 2.45) is 0 Å². The molecule has 1 heterocycles. The van der Waals surface area contributed by atoms with Crippen LogP contribution in [-0.2, 0) is 10.0 Å². The van der Waals surface area contributed by atoms with E-state index < -0.39 is 10.0 Å². The third-order valence-electron chi connectivity index (χ3n) is 4.37. The monoisotopic (exact) mass is 380 g/mol. The Balaban J connectivity index is 1.78. The van der Waals surface area contributed by atoms with Gasteiger partial charge in [-0.2, -0.15) is 4.31 Å². The lowest BCUT2D eigenvalue weighted by molar-refractivity contribution is 0.374. The van der Waals surface area contributed by atoms with Gasteiger partial charge in [0, 0.05) is 36.9 Å². The summed E-state index contributed by atoms with van der Waals surface area (Å²) in [7, 11) is -2.09. The second kappa shape index (κ2) is 7.23. The fourth-order valence-corrected chi connectivity index (χ4v) is 4.75. The molecule has 1 aliphatic heterocycles. The molecule has 0 saturated carbocycles. The number of sulfonamides is 1. The molecule has 5 nitrogen and oxygen atoms in total. The van der Waals surface area contributed by atoms with Crippen molar-refractivity contribution < 1.29 is 13.2 Å². The molecule has 0 unspecified atom stereocenters. The van der Waals surface area contributed by atoms with Crippen LogP contribution in [0.1, 0.15) is 5.56 Å². The fraction of sp³-hybridized carbons (Fsp3) is 0.333. The Morgan fingerprint density at radius 1 is 1.00 bits per heavy atom. The third-order valence-corrected chi connectivity index (χ3v) is 6.54. The zero-order valence-electron chi connectivity index (χ0n) is 14.3. The standard InChI is InChI=1S/C18H21ClN2O3S/c1-14-3-8-17(24-2)18(13-14)25(22,23)21-11-9-20(10-12-21)16-6-4-15(19)5-7-16/h3-8,13H,9-12H2,1-2H3. The van der Waals surface area contributed by atoms with Gasteiger partial charge in [-0.15, -0.1) is 0 Å². The van der Waals surface area contributed by atoms with Crippen molar-refractivity contribution in [3.05, 3.63) is 53.1 Å². The highest BCUT2D eigenvalue weighted by Gasteiger charge is 2.31. The molecule has 0 aliphatic carbocycles. The third kappa shape index (κ3) is 3.76. The van der Waals surface area contributed by atoms with Gasteiger partial charge in [0.05, 0.1) is 7.11 Å². The van der Waals surface area contributed by atoms with Crippen molar-refractivity contribution in [2.75, 3.05) is 38.2 Å². The Hall–Kier alpha value is -1.76. The summed E-state index contributed by atoms with van der Waals surface area (Å²) in [6.07, 6.45) is 0. The summed E-state index contributed by atoms with van der Waals surface area (Å²) in [5, 5.41) is 0.691. The molecule has 0 radical (unpaired) electrons. The normalized spacial score (nSPS) is 16.0. The van der Waals surface area contributed by atoms with E-state index in [1.807, 2.05) is 37.3 Å². The molecule has 3 rings (SSSR count). The zero-order valence-corrected chi connectivity index (χ0v) is 15.8. The van der Waals surface area contributed by atoms with E-state index in [0.717, 1.165) is 11.3 Å². The summed E-state index contributed by atoms with van der Waals surface area (Å²) in [5.41, 5.74) is 1.94. The van der Waals surface area contributed by atoms with Gasteiger partial charge in [0.2, 0.25) is 10.0 Å². The van der Waals surface area contributed by atoms with Crippen molar-refractivity contribution >= 4 is 27.3 Å². The largest absolute Gasteiger partial charge is 0.495 e. The first-order valence-electron chi connectivity index (χ1n) is 8.07. The van der Waals surface area contributed by atoms with Crippen molar-refractivity contribution in [2.45, 2.75) is 11.8 Å². The van der Waals surface area contributed by atoms with Gasteiger partial charge < -0.3 is 9.64 Å². The minimum atomic E-state index is -3.58. The average molecular weight is 381 g/mol. The molecule has 0 N–H and O–H groups in total. The molecule has 134 valence electrons. The van der Waals surface area contributed by atoms with Crippen molar-refractivity contribution in [3.63, 3.8) is 0 Å². The minimum Gasteiger partial charge on any atom is -0.495 e. The summed E-state index contributed by atoms with van der Waals surface area (Å²) < 4.78 is 32.8. The summed E-state index contributed by atoms with van der Waals surface area (Å²) in [6.45, 7) is 4.00. The van der Waals surface area contributed by atoms with Gasteiger partial charge in [0.25, 0.3) is 0 Å². The van der Waals surface area contributed by atoms with Crippen molar-refractivity contribution in [1.29, 1.82) is 0 Å². The smallest absolute Gasteiger partial charge is 0.246 e. The van der Waals surface area contributed by atoms with Gasteiger partial charge in [0.15, 0.2) is 0 Å². The van der Waals surface area contributed by atoms with Crippen LogP contribution in [0.3, 0.4) is 0 Å². The van der Waals surface area contributed by atoms with Crippen LogP contribution in [0.5, 0.6) is 5.75 Å². The molecule has 25 heavy (non-hydrogen) atoms. The number of hydrogen-bond acceptors (Lipinski definition) is 4. The molecule has 2 aromatic rings. The SMILES string of the molecule is COc1ccc(C)cc1S(=O)(=O)N1CCN(c2ccc(Cl)cc2)CC1. The average Bonchev–Trinajstić information content (AvgIpc) is 2.62. The van der Waals surface area contributed by atoms with Gasteiger partial charge >= 0.3 is 0 Å². The fourth-order valence-electron chi connectivity index (χ4n) is 2.96. The molecule has 0 aromatic heterocycles. The first-order chi connectivity index (χ1) is 11.9. The Bertz CT molecular complexity index is 845. The van der Waals surface area contributed by atoms with Crippen LogP contribution in [0.25, 0.3) is 0 Å². The number of nitrogens with zero attached hydrogens (tertiary/aromatic N) is 2. The zero-order chi connectivity index (χ0) is 18.0. The summed E-state index contributed by atoms with van der Waals surface area (Å²) in [4.78, 5) is 2.39. The highest BCUT2D eigenvalue weighted by molar-refractivity contribution is 7.89. The Morgan fingerprint density at radius 3 is 2.24 bits per heavy atom. The van der Waals surface area contributed by atoms with Gasteiger partial charge in [-0.25, -0.2) is 8.42 Å². The van der Waals surface area contributed by atoms with E-state index in [-0.39, 0.29) is 4.90 Å². The number of benzene rings is 2. The Labute approximate surface area is 153 Å². The second-order valence-electron chi connectivity index (χ2n) is 6.02. The maximum Gasteiger partial charge on any atom is 0.246 e. The van der Waals surface area contributed by atoms with E-state index in [0.29, 0.717) is 37.0 Å². The Kier molecular flexibility index (Phi) is 5.22. The van der Waals surface area contributed by atoms with Crippen LogP contribution in [0.2, 0.25) is 5.02 Å². The van der Waals surface area contributed by atoms with Crippen molar-refractivity contribution in [1.82, 2.24) is 4.31 Å². The van der Waals surface area contributed by atoms with E-state index in [1.54, 1.807) is 12.1 Å². The predicted molar refractivity (Wildman–Crippen MR) is 100 cm³/mol. The van der Waals surface area contributed by atoms with Gasteiger partial charge in [-0.05, 0) is 48.9 Å². The number of methoxy groups -OCH3 is 1. The lowest BCUT2D eigenvalue weighted by Gasteiger charge is -2.35. The van der Waals surface area contributed by atoms with Gasteiger partial charge in [-0.1, -0.05) is 17.7 Å². The van der Waals surface area contributed by atoms with Crippen LogP contribution in [0.15, 0.2) is 47.4 Å². The summed E-state index contributed by atoms with van der Waals surface area (Å²) in [6, 6.07) is 12.8. The lowest BCUT2D eigenvalue weighted by atomic mass is 10.2. The number of hydrogen-bond donors (Lipinski definition) is 0. The molecular formula is C18H21ClN2O3S. The molecule has 1 aliphatic rings. The van der Waals surface area contributed by atoms with E-state index in [2.05, 4.69) is 4.90 Å². The van der Waals surface area contributed by atoms with E-state index in [9.17, 15) is 8.42 Å². The molecule has 1 fully saturated rings. The first kappa shape index (κ1) is 18.0. The number of halogens is 1. The number of piperazine rings is 1. The van der Waals surface area contributed by atoms with Gasteiger partial charge in [0.1, 0.15) is 10.6 Å². The quantitative estimate of drug-likeness (QED) is 0.817. The van der Waals surface area contributed by atoms with Crippen LogP contribution in [0, 0.1) is 6.92 Å². The number of anilines is 1. The molecule has 0 bridgehead atoms. The number of ether oxygens (including phenoxy) is 1. The maximum absolute atomic E-state index is 13.0. The predicted octanol–water partition coefficient (Wildman–Crippen LogP) is 3.17. The minimum absolute atomic E-state index is 0.231. The second-order valence-corrected chi connectivity index (χ2v) is 8.36. The van der Waals surface area contributed by atoms with E-state index in [1.165, 1.54) is 11.4 Å². The number of aryl methyl sites for hydroxylation is 1. The van der Waals surface area contributed by atoms with Crippen molar-refractivity contribution in [3.8, 4) is 5.75 Å². The maximum atomic E-state index is 13.0. The number of rotatable bonds is 4. The summed E-state index contributed by atoms with van der Waals surface area (Å²) in [5.74, 6) is 0.380. The molecule has 0 atom stereocenters. The molecule has 1 saturated heterocycles. The lowest BCUT2D eigenvalue weighted by Crippen LogP contribution is -2.48. The molecule has 0 amide bonds. The molecule has 0 spiro atoms. The van der Waals surface area contributed by atoms with E-state index in [4.69, 9.17) is 16.3 Å². The molecule has 2 aromatic carbocycles. The molecular weight excluding hydrogens is 360 g/mol. The highest BCUT2D eigenvalue weighted by Crippen LogP contribution is 2.29. The van der Waals surface area contributed by atoms with Crippen LogP contribution in [-0.4, -0.2) is 46.0 Å². The summed E-state index contributed by atoms with van der Waals surface area (Å²) >= 11 is 5.92. The van der Waals surface area contributed by atoms with E-state index >= 15 is 0 Å².